The molecule has 1 heterocycles. The summed E-state index contributed by atoms with van der Waals surface area (Å²) in [4.78, 5) is 4.38. The Balaban J connectivity index is 2.29. The molecule has 0 amide bonds. The topological polar surface area (TPSA) is 21.6 Å². The van der Waals surface area contributed by atoms with Crippen molar-refractivity contribution in [2.24, 2.45) is 4.99 Å². The van der Waals surface area contributed by atoms with Gasteiger partial charge in [0, 0.05) is 4.43 Å². The second-order valence-electron chi connectivity index (χ2n) is 3.60. The van der Waals surface area contributed by atoms with E-state index in [4.69, 9.17) is 39.5 Å². The minimum absolute atomic E-state index is 0.0800. The molecule has 0 aliphatic carbocycles. The van der Waals surface area contributed by atoms with Crippen molar-refractivity contribution in [1.82, 2.24) is 0 Å². The maximum Gasteiger partial charge on any atom is 0.266 e. The Hall–Kier alpha value is 0.290. The third kappa shape index (κ3) is 3.19. The third-order valence-electron chi connectivity index (χ3n) is 2.41. The van der Waals surface area contributed by atoms with Gasteiger partial charge in [0.25, 0.3) is 3.79 Å². The summed E-state index contributed by atoms with van der Waals surface area (Å²) in [5.41, 5.74) is 1.07. The van der Waals surface area contributed by atoms with Crippen molar-refractivity contribution in [1.29, 1.82) is 0 Å². The highest BCUT2D eigenvalue weighted by Gasteiger charge is 2.40. The van der Waals surface area contributed by atoms with Crippen molar-refractivity contribution in [2.75, 3.05) is 4.43 Å². The highest BCUT2D eigenvalue weighted by atomic mass is 127. The second kappa shape index (κ2) is 5.51. The predicted octanol–water partition coefficient (Wildman–Crippen LogP) is 4.33. The Morgan fingerprint density at radius 2 is 1.88 bits per heavy atom. The fraction of sp³-hybridized carbons (Fsp3) is 0.364. The molecule has 2 rings (SSSR count). The van der Waals surface area contributed by atoms with Crippen molar-refractivity contribution in [2.45, 2.75) is 15.9 Å². The van der Waals surface area contributed by atoms with Gasteiger partial charge in [0.15, 0.2) is 0 Å². The van der Waals surface area contributed by atoms with Crippen LogP contribution >= 0.6 is 57.4 Å². The van der Waals surface area contributed by atoms with E-state index >= 15 is 0 Å². The van der Waals surface area contributed by atoms with Crippen LogP contribution < -0.4 is 0 Å². The zero-order chi connectivity index (χ0) is 12.5. The molecule has 0 bridgehead atoms. The fourth-order valence-corrected chi connectivity index (χ4v) is 2.58. The van der Waals surface area contributed by atoms with Crippen LogP contribution in [0.3, 0.4) is 0 Å². The molecule has 1 aliphatic heterocycles. The second-order valence-corrected chi connectivity index (χ2v) is 6.76. The van der Waals surface area contributed by atoms with E-state index < -0.39 is 3.79 Å². The molecule has 0 radical (unpaired) electrons. The Morgan fingerprint density at radius 1 is 1.24 bits per heavy atom. The van der Waals surface area contributed by atoms with Crippen molar-refractivity contribution in [3.63, 3.8) is 0 Å². The summed E-state index contributed by atoms with van der Waals surface area (Å²) in [6, 6.07) is 9.78. The van der Waals surface area contributed by atoms with Gasteiger partial charge in [-0.05, 0) is 5.56 Å². The molecule has 92 valence electrons. The lowest BCUT2D eigenvalue weighted by molar-refractivity contribution is 0.218. The lowest BCUT2D eigenvalue weighted by Crippen LogP contribution is -2.24. The third-order valence-corrected chi connectivity index (χ3v) is 3.76. The van der Waals surface area contributed by atoms with Crippen LogP contribution in [0, 0.1) is 0 Å². The standard InChI is InChI=1S/C11H9Cl3INO/c12-11(13,14)10-16-9(8(6-15)17-10)7-4-2-1-3-5-7/h1-5,8-9H,6H2. The molecule has 0 N–H and O–H groups in total. The molecular formula is C11H9Cl3INO. The highest BCUT2D eigenvalue weighted by Crippen LogP contribution is 2.38. The lowest BCUT2D eigenvalue weighted by atomic mass is 10.0. The van der Waals surface area contributed by atoms with Gasteiger partial charge in [-0.3, -0.25) is 0 Å². The Kier molecular flexibility index (Phi) is 4.45. The zero-order valence-corrected chi connectivity index (χ0v) is 13.0. The Morgan fingerprint density at radius 3 is 2.41 bits per heavy atom. The van der Waals surface area contributed by atoms with Gasteiger partial charge in [-0.25, -0.2) is 4.99 Å². The smallest absolute Gasteiger partial charge is 0.266 e. The molecule has 6 heteroatoms. The van der Waals surface area contributed by atoms with Crippen LogP contribution in [-0.2, 0) is 4.74 Å². The number of hydrogen-bond acceptors (Lipinski definition) is 2. The number of ether oxygens (including phenoxy) is 1. The van der Waals surface area contributed by atoms with Gasteiger partial charge in [0.2, 0.25) is 5.90 Å². The van der Waals surface area contributed by atoms with Gasteiger partial charge >= 0.3 is 0 Å². The van der Waals surface area contributed by atoms with Crippen LogP contribution in [0.15, 0.2) is 35.3 Å². The Bertz CT molecular complexity index is 418. The molecule has 0 aromatic heterocycles. The number of rotatable bonds is 2. The largest absolute Gasteiger partial charge is 0.471 e. The van der Waals surface area contributed by atoms with E-state index in [1.165, 1.54) is 0 Å². The summed E-state index contributed by atoms with van der Waals surface area (Å²) >= 11 is 19.6. The number of halogens is 4. The zero-order valence-electron chi connectivity index (χ0n) is 8.62. The van der Waals surface area contributed by atoms with Crippen LogP contribution in [0.2, 0.25) is 0 Å². The van der Waals surface area contributed by atoms with Crippen LogP contribution in [0.5, 0.6) is 0 Å². The van der Waals surface area contributed by atoms with Crippen LogP contribution in [-0.4, -0.2) is 20.2 Å². The number of benzene rings is 1. The summed E-state index contributed by atoms with van der Waals surface area (Å²) in [6.45, 7) is 0. The van der Waals surface area contributed by atoms with Gasteiger partial charge < -0.3 is 4.74 Å². The van der Waals surface area contributed by atoms with Crippen molar-refractivity contribution >= 4 is 63.3 Å². The minimum Gasteiger partial charge on any atom is -0.471 e. The van der Waals surface area contributed by atoms with Crippen molar-refractivity contribution < 1.29 is 4.74 Å². The first kappa shape index (κ1) is 13.7. The molecule has 0 fully saturated rings. The molecule has 2 unspecified atom stereocenters. The van der Waals surface area contributed by atoms with E-state index in [1.807, 2.05) is 30.3 Å². The molecule has 17 heavy (non-hydrogen) atoms. The first-order chi connectivity index (χ1) is 8.02. The van der Waals surface area contributed by atoms with Gasteiger partial charge in [-0.1, -0.05) is 87.7 Å². The van der Waals surface area contributed by atoms with Gasteiger partial charge in [-0.2, -0.15) is 0 Å². The first-order valence-corrected chi connectivity index (χ1v) is 7.61. The van der Waals surface area contributed by atoms with E-state index in [0.29, 0.717) is 0 Å². The maximum atomic E-state index is 5.79. The molecule has 1 aromatic carbocycles. The van der Waals surface area contributed by atoms with Crippen LogP contribution in [0.25, 0.3) is 0 Å². The fourth-order valence-electron chi connectivity index (χ4n) is 1.64. The first-order valence-electron chi connectivity index (χ1n) is 4.95. The summed E-state index contributed by atoms with van der Waals surface area (Å²) in [7, 11) is 0. The van der Waals surface area contributed by atoms with E-state index in [9.17, 15) is 0 Å². The number of aliphatic imine (C=N–C) groups is 1. The van der Waals surface area contributed by atoms with Crippen LogP contribution in [0.1, 0.15) is 11.6 Å². The molecule has 0 spiro atoms. The number of alkyl halides is 4. The molecular weight excluding hydrogens is 395 g/mol. The summed E-state index contributed by atoms with van der Waals surface area (Å²) in [5, 5.41) is 0. The van der Waals surface area contributed by atoms with Crippen molar-refractivity contribution in [3.8, 4) is 0 Å². The summed E-state index contributed by atoms with van der Waals surface area (Å²) < 4.78 is 4.78. The average molecular weight is 404 g/mol. The normalized spacial score (nSPS) is 24.4. The molecule has 2 nitrogen and oxygen atoms in total. The van der Waals surface area contributed by atoms with Gasteiger partial charge in [0.1, 0.15) is 12.1 Å². The maximum absolute atomic E-state index is 5.79. The van der Waals surface area contributed by atoms with E-state index in [-0.39, 0.29) is 18.0 Å². The average Bonchev–Trinajstić information content (AvgIpc) is 2.73. The molecule has 1 aromatic rings. The summed E-state index contributed by atoms with van der Waals surface area (Å²) in [6.07, 6.45) is -0.0800. The van der Waals surface area contributed by atoms with E-state index in [1.54, 1.807) is 0 Å². The van der Waals surface area contributed by atoms with Gasteiger partial charge in [-0.15, -0.1) is 0 Å². The molecule has 0 saturated carbocycles. The van der Waals surface area contributed by atoms with Crippen molar-refractivity contribution in [3.05, 3.63) is 35.9 Å². The lowest BCUT2D eigenvalue weighted by Gasteiger charge is -2.16. The van der Waals surface area contributed by atoms with E-state index in [0.717, 1.165) is 9.99 Å². The molecule has 1 aliphatic rings. The number of hydrogen-bond donors (Lipinski definition) is 0. The molecule has 0 saturated heterocycles. The molecule has 2 atom stereocenters. The van der Waals surface area contributed by atoms with Gasteiger partial charge in [0.05, 0.1) is 0 Å². The van der Waals surface area contributed by atoms with Crippen LogP contribution in [0.4, 0.5) is 0 Å². The summed E-state index contributed by atoms with van der Waals surface area (Å²) in [5.74, 6) is 0.179. The highest BCUT2D eigenvalue weighted by molar-refractivity contribution is 14.1. The predicted molar refractivity (Wildman–Crippen MR) is 80.7 cm³/mol. The monoisotopic (exact) mass is 403 g/mol. The van der Waals surface area contributed by atoms with E-state index in [2.05, 4.69) is 27.6 Å². The Labute approximate surface area is 128 Å². The SMILES string of the molecule is ClC(Cl)(Cl)C1=NC(c2ccccc2)C(CI)O1. The number of nitrogens with zero attached hydrogens (tertiary/aromatic N) is 1. The quantitative estimate of drug-likeness (QED) is 0.531. The minimum atomic E-state index is -1.59.